The molecule has 8 nitrogen and oxygen atoms in total. The van der Waals surface area contributed by atoms with Crippen molar-refractivity contribution in [3.05, 3.63) is 21.8 Å². The van der Waals surface area contributed by atoms with Crippen molar-refractivity contribution in [2.24, 2.45) is 5.92 Å². The number of rotatable bonds is 9. The quantitative estimate of drug-likeness (QED) is 0.476. The lowest BCUT2D eigenvalue weighted by Gasteiger charge is -2.27. The van der Waals surface area contributed by atoms with E-state index in [0.717, 1.165) is 22.3 Å². The summed E-state index contributed by atoms with van der Waals surface area (Å²) < 4.78 is 42.2. The predicted molar refractivity (Wildman–Crippen MR) is 123 cm³/mol. The van der Waals surface area contributed by atoms with Crippen molar-refractivity contribution in [2.45, 2.75) is 71.0 Å². The Kier molecular flexibility index (Phi) is 7.15. The van der Waals surface area contributed by atoms with Gasteiger partial charge < -0.3 is 16.0 Å². The minimum absolute atomic E-state index is 0.0645. The molecule has 0 bridgehead atoms. The third-order valence-corrected chi connectivity index (χ3v) is 7.30. The van der Waals surface area contributed by atoms with Crippen LogP contribution in [0.3, 0.4) is 0 Å². The molecule has 2 aliphatic carbocycles. The van der Waals surface area contributed by atoms with Gasteiger partial charge in [-0.3, -0.25) is 14.2 Å². The van der Waals surface area contributed by atoms with Crippen molar-refractivity contribution in [2.75, 3.05) is 23.7 Å². The zero-order valence-electron chi connectivity index (χ0n) is 19.2. The normalized spacial score (nSPS) is 17.9. The van der Waals surface area contributed by atoms with E-state index < -0.39 is 18.0 Å². The number of amides is 2. The second kappa shape index (κ2) is 9.93. The largest absolute Gasteiger partial charge is 0.451 e. The second-order valence-corrected chi connectivity index (χ2v) is 9.91. The van der Waals surface area contributed by atoms with Gasteiger partial charge in [-0.1, -0.05) is 6.92 Å². The first-order valence-electron chi connectivity index (χ1n) is 11.7. The Hall–Kier alpha value is -2.63. The summed E-state index contributed by atoms with van der Waals surface area (Å²) in [6.07, 6.45) is -0.340. The highest BCUT2D eigenvalue weighted by Crippen LogP contribution is 2.43. The molecule has 1 atom stereocenters. The standard InChI is InChI=1S/C22H29F3N6O2S/c1-3-5-16(32)28-19-17(18(33)27-11-12-6-7-12)14-10-13(8-9-15(14)34-19)31-20(22(23,24)25)29-30-21(31)26-4-2/h12-13H,3-11H2,1-2H3,(H,26,30)(H,27,33)(H,28,32). The third-order valence-electron chi connectivity index (χ3n) is 6.09. The van der Waals surface area contributed by atoms with Crippen molar-refractivity contribution in [1.29, 1.82) is 0 Å². The number of thiophene rings is 1. The fourth-order valence-electron chi connectivity index (χ4n) is 4.29. The van der Waals surface area contributed by atoms with E-state index in [9.17, 15) is 22.8 Å². The monoisotopic (exact) mass is 498 g/mol. The van der Waals surface area contributed by atoms with Crippen molar-refractivity contribution >= 4 is 34.1 Å². The van der Waals surface area contributed by atoms with Crippen LogP contribution >= 0.6 is 11.3 Å². The molecule has 2 aliphatic rings. The van der Waals surface area contributed by atoms with Gasteiger partial charge >= 0.3 is 6.18 Å². The summed E-state index contributed by atoms with van der Waals surface area (Å²) in [4.78, 5) is 26.4. The molecule has 2 aromatic heterocycles. The van der Waals surface area contributed by atoms with Crippen LogP contribution in [-0.4, -0.2) is 39.7 Å². The molecular formula is C22H29F3N6O2S. The van der Waals surface area contributed by atoms with E-state index in [-0.39, 0.29) is 24.2 Å². The number of aromatic nitrogens is 3. The van der Waals surface area contributed by atoms with E-state index in [4.69, 9.17) is 0 Å². The van der Waals surface area contributed by atoms with Gasteiger partial charge in [0, 0.05) is 30.4 Å². The minimum atomic E-state index is -4.65. The van der Waals surface area contributed by atoms with E-state index in [0.29, 0.717) is 60.8 Å². The molecule has 3 N–H and O–H groups in total. The van der Waals surface area contributed by atoms with E-state index in [2.05, 4.69) is 26.1 Å². The number of aryl methyl sites for hydroxylation is 1. The molecule has 4 rings (SSSR count). The number of fused-ring (bicyclic) bond motifs is 1. The fraction of sp³-hybridized carbons (Fsp3) is 0.636. The van der Waals surface area contributed by atoms with Gasteiger partial charge in [0.05, 0.1) is 5.56 Å². The van der Waals surface area contributed by atoms with Gasteiger partial charge in [0.1, 0.15) is 5.00 Å². The highest BCUT2D eigenvalue weighted by atomic mass is 32.1. The van der Waals surface area contributed by atoms with Crippen LogP contribution in [0.4, 0.5) is 24.1 Å². The lowest BCUT2D eigenvalue weighted by Crippen LogP contribution is -2.29. The number of anilines is 2. The van der Waals surface area contributed by atoms with E-state index >= 15 is 0 Å². The van der Waals surface area contributed by atoms with Gasteiger partial charge in [0.15, 0.2) is 0 Å². The van der Waals surface area contributed by atoms with Crippen molar-refractivity contribution < 1.29 is 22.8 Å². The molecular weight excluding hydrogens is 469 g/mol. The molecule has 12 heteroatoms. The van der Waals surface area contributed by atoms with E-state index in [1.807, 2.05) is 6.92 Å². The molecule has 0 aromatic carbocycles. The summed E-state index contributed by atoms with van der Waals surface area (Å²) >= 11 is 1.35. The number of nitrogens with zero attached hydrogens (tertiary/aromatic N) is 3. The smallest absolute Gasteiger partial charge is 0.355 e. The molecule has 0 radical (unpaired) electrons. The summed E-state index contributed by atoms with van der Waals surface area (Å²) in [6, 6.07) is -0.572. The van der Waals surface area contributed by atoms with Gasteiger partial charge in [-0.2, -0.15) is 13.2 Å². The number of carbonyl (C=O) groups is 2. The van der Waals surface area contributed by atoms with Crippen LogP contribution in [0.5, 0.6) is 0 Å². The van der Waals surface area contributed by atoms with E-state index in [1.165, 1.54) is 11.3 Å². The minimum Gasteiger partial charge on any atom is -0.355 e. The van der Waals surface area contributed by atoms with Gasteiger partial charge in [-0.25, -0.2) is 0 Å². The molecule has 0 aliphatic heterocycles. The van der Waals surface area contributed by atoms with Gasteiger partial charge in [-0.05, 0) is 56.9 Å². The highest BCUT2D eigenvalue weighted by molar-refractivity contribution is 7.17. The second-order valence-electron chi connectivity index (χ2n) is 8.80. The summed E-state index contributed by atoms with van der Waals surface area (Å²) in [7, 11) is 0. The van der Waals surface area contributed by atoms with E-state index in [1.54, 1.807) is 6.92 Å². The molecule has 34 heavy (non-hydrogen) atoms. The SMILES string of the molecule is CCCC(=O)Nc1sc2c(c1C(=O)NCC1CC1)CC(n1c(NCC)nnc1C(F)(F)F)CC2. The Balaban J connectivity index is 1.69. The average molecular weight is 499 g/mol. The lowest BCUT2D eigenvalue weighted by molar-refractivity contribution is -0.148. The maximum absolute atomic E-state index is 13.7. The van der Waals surface area contributed by atoms with Crippen LogP contribution in [0.2, 0.25) is 0 Å². The molecule has 186 valence electrons. The average Bonchev–Trinajstić information content (AvgIpc) is 3.39. The van der Waals surface area contributed by atoms with Gasteiger partial charge in [0.25, 0.3) is 5.91 Å². The van der Waals surface area contributed by atoms with Gasteiger partial charge in [0.2, 0.25) is 17.7 Å². The van der Waals surface area contributed by atoms with Crippen molar-refractivity contribution in [3.8, 4) is 0 Å². The summed E-state index contributed by atoms with van der Waals surface area (Å²) in [5.74, 6) is -0.985. The Labute approximate surface area is 199 Å². The molecule has 2 aromatic rings. The first-order chi connectivity index (χ1) is 16.2. The van der Waals surface area contributed by atoms with Crippen LogP contribution in [0.25, 0.3) is 0 Å². The molecule has 1 unspecified atom stereocenters. The number of hydrogen-bond acceptors (Lipinski definition) is 6. The van der Waals surface area contributed by atoms with Crippen LogP contribution < -0.4 is 16.0 Å². The van der Waals surface area contributed by atoms with Crippen molar-refractivity contribution in [3.63, 3.8) is 0 Å². The van der Waals surface area contributed by atoms with Crippen LogP contribution in [0, 0.1) is 5.92 Å². The summed E-state index contributed by atoms with van der Waals surface area (Å²) in [6.45, 7) is 4.63. The zero-order chi connectivity index (χ0) is 24.5. The Bertz CT molecular complexity index is 1060. The Morgan fingerprint density at radius 3 is 2.59 bits per heavy atom. The fourth-order valence-corrected chi connectivity index (χ4v) is 5.54. The van der Waals surface area contributed by atoms with Gasteiger partial charge in [-0.15, -0.1) is 21.5 Å². The molecule has 1 fully saturated rings. The maximum atomic E-state index is 13.7. The van der Waals surface area contributed by atoms with Crippen LogP contribution in [-0.2, 0) is 23.8 Å². The number of hydrogen-bond donors (Lipinski definition) is 3. The number of alkyl halides is 3. The molecule has 2 amide bonds. The summed E-state index contributed by atoms with van der Waals surface area (Å²) in [5.41, 5.74) is 1.08. The molecule has 1 saturated carbocycles. The third kappa shape index (κ3) is 5.21. The molecule has 2 heterocycles. The Morgan fingerprint density at radius 2 is 1.94 bits per heavy atom. The van der Waals surface area contributed by atoms with Crippen LogP contribution in [0.15, 0.2) is 0 Å². The maximum Gasteiger partial charge on any atom is 0.451 e. The number of halogens is 3. The van der Waals surface area contributed by atoms with Crippen LogP contribution in [0.1, 0.15) is 78.6 Å². The number of carbonyl (C=O) groups excluding carboxylic acids is 2. The first kappa shape index (κ1) is 24.5. The zero-order valence-corrected chi connectivity index (χ0v) is 20.0. The number of nitrogens with one attached hydrogen (secondary N) is 3. The molecule has 0 spiro atoms. The predicted octanol–water partition coefficient (Wildman–Crippen LogP) is 4.40. The molecule has 0 saturated heterocycles. The first-order valence-corrected chi connectivity index (χ1v) is 12.5. The van der Waals surface area contributed by atoms with Crippen molar-refractivity contribution in [1.82, 2.24) is 20.1 Å². The Morgan fingerprint density at radius 1 is 1.18 bits per heavy atom. The topological polar surface area (TPSA) is 101 Å². The lowest BCUT2D eigenvalue weighted by atomic mass is 9.90. The summed E-state index contributed by atoms with van der Waals surface area (Å²) in [5, 5.41) is 16.3. The highest BCUT2D eigenvalue weighted by Gasteiger charge is 2.42.